The van der Waals surface area contributed by atoms with Crippen LogP contribution in [0, 0.1) is 23.6 Å². The van der Waals surface area contributed by atoms with Gasteiger partial charge in [-0.05, 0) is 30.5 Å². The smallest absolute Gasteiger partial charge is 0.165 e. The summed E-state index contributed by atoms with van der Waals surface area (Å²) >= 11 is 0. The average molecular weight is 279 g/mol. The molecule has 0 amide bonds. The van der Waals surface area contributed by atoms with Gasteiger partial charge in [-0.1, -0.05) is 25.7 Å². The monoisotopic (exact) mass is 279 g/mol. The van der Waals surface area contributed by atoms with Crippen LogP contribution in [-0.2, 0) is 4.74 Å². The van der Waals surface area contributed by atoms with Gasteiger partial charge >= 0.3 is 0 Å². The number of benzene rings is 1. The zero-order valence-electron chi connectivity index (χ0n) is 12.1. The Morgan fingerprint density at radius 3 is 2.75 bits per heavy atom. The zero-order valence-corrected chi connectivity index (χ0v) is 12.1. The number of halogens is 1. The second-order valence-electron chi connectivity index (χ2n) is 4.79. The Morgan fingerprint density at radius 1 is 1.25 bits per heavy atom. The summed E-state index contributed by atoms with van der Waals surface area (Å²) < 4.78 is 24.3. The first kappa shape index (κ1) is 16.5. The Hall–Kier alpha value is -1.57. The standard InChI is InChI=1S/C16H22FNO2/c1-13(2)7-9-19-10-11-20-16-12-14(4-3-8-18)5-6-15(16)17/h5-6,12-13H,7-11,18H2,1-2H3. The van der Waals surface area contributed by atoms with Crippen LogP contribution < -0.4 is 10.5 Å². The Balaban J connectivity index is 2.39. The van der Waals surface area contributed by atoms with E-state index >= 15 is 0 Å². The molecule has 0 saturated heterocycles. The third-order valence-corrected chi connectivity index (χ3v) is 2.59. The molecule has 0 saturated carbocycles. The summed E-state index contributed by atoms with van der Waals surface area (Å²) in [6.45, 7) is 6.03. The van der Waals surface area contributed by atoms with Gasteiger partial charge in [0.05, 0.1) is 13.2 Å². The minimum absolute atomic E-state index is 0.196. The third-order valence-electron chi connectivity index (χ3n) is 2.59. The highest BCUT2D eigenvalue weighted by atomic mass is 19.1. The van der Waals surface area contributed by atoms with E-state index in [1.54, 1.807) is 12.1 Å². The third kappa shape index (κ3) is 6.55. The lowest BCUT2D eigenvalue weighted by atomic mass is 10.1. The average Bonchev–Trinajstić information content (AvgIpc) is 2.42. The fourth-order valence-corrected chi connectivity index (χ4v) is 1.48. The minimum atomic E-state index is -0.398. The van der Waals surface area contributed by atoms with E-state index in [9.17, 15) is 4.39 Å². The molecular weight excluding hydrogens is 257 g/mol. The van der Waals surface area contributed by atoms with Crippen LogP contribution in [-0.4, -0.2) is 26.4 Å². The summed E-state index contributed by atoms with van der Waals surface area (Å²) in [6, 6.07) is 4.52. The van der Waals surface area contributed by atoms with Crippen molar-refractivity contribution in [3.63, 3.8) is 0 Å². The van der Waals surface area contributed by atoms with E-state index in [1.165, 1.54) is 6.07 Å². The molecule has 4 heteroatoms. The molecule has 0 atom stereocenters. The molecule has 1 rings (SSSR count). The van der Waals surface area contributed by atoms with Crippen LogP contribution in [0.1, 0.15) is 25.8 Å². The Labute approximate surface area is 120 Å². The lowest BCUT2D eigenvalue weighted by molar-refractivity contribution is 0.0913. The first-order valence-electron chi connectivity index (χ1n) is 6.82. The summed E-state index contributed by atoms with van der Waals surface area (Å²) in [7, 11) is 0. The lowest BCUT2D eigenvalue weighted by Gasteiger charge is -2.09. The van der Waals surface area contributed by atoms with Gasteiger partial charge in [0, 0.05) is 12.2 Å². The van der Waals surface area contributed by atoms with Gasteiger partial charge in [0.15, 0.2) is 11.6 Å². The maximum Gasteiger partial charge on any atom is 0.165 e. The van der Waals surface area contributed by atoms with Gasteiger partial charge in [-0.2, -0.15) is 0 Å². The molecule has 0 aliphatic heterocycles. The van der Waals surface area contributed by atoms with E-state index in [1.807, 2.05) is 0 Å². The van der Waals surface area contributed by atoms with Crippen molar-refractivity contribution in [3.8, 4) is 17.6 Å². The van der Waals surface area contributed by atoms with E-state index in [0.29, 0.717) is 31.3 Å². The topological polar surface area (TPSA) is 44.5 Å². The number of nitrogens with two attached hydrogens (primary N) is 1. The number of hydrogen-bond acceptors (Lipinski definition) is 3. The molecule has 1 aromatic carbocycles. The van der Waals surface area contributed by atoms with E-state index in [0.717, 1.165) is 6.42 Å². The minimum Gasteiger partial charge on any atom is -0.488 e. The maximum atomic E-state index is 13.5. The van der Waals surface area contributed by atoms with Crippen molar-refractivity contribution >= 4 is 0 Å². The number of hydrogen-bond donors (Lipinski definition) is 1. The van der Waals surface area contributed by atoms with E-state index < -0.39 is 5.82 Å². The highest BCUT2D eigenvalue weighted by Crippen LogP contribution is 2.18. The normalized spacial score (nSPS) is 10.2. The van der Waals surface area contributed by atoms with Crippen molar-refractivity contribution in [2.75, 3.05) is 26.4 Å². The molecule has 0 heterocycles. The Kier molecular flexibility index (Phi) is 7.71. The van der Waals surface area contributed by atoms with Crippen molar-refractivity contribution in [3.05, 3.63) is 29.6 Å². The van der Waals surface area contributed by atoms with Crippen molar-refractivity contribution in [1.29, 1.82) is 0 Å². The molecule has 20 heavy (non-hydrogen) atoms. The largest absolute Gasteiger partial charge is 0.488 e. The predicted molar refractivity (Wildman–Crippen MR) is 78.1 cm³/mol. The van der Waals surface area contributed by atoms with Crippen LogP contribution in [0.4, 0.5) is 4.39 Å². The van der Waals surface area contributed by atoms with Crippen LogP contribution in [0.3, 0.4) is 0 Å². The molecule has 0 aliphatic rings. The van der Waals surface area contributed by atoms with Crippen molar-refractivity contribution in [1.82, 2.24) is 0 Å². The van der Waals surface area contributed by atoms with Crippen LogP contribution in [0.5, 0.6) is 5.75 Å². The van der Waals surface area contributed by atoms with E-state index in [4.69, 9.17) is 15.2 Å². The first-order valence-corrected chi connectivity index (χ1v) is 6.82. The van der Waals surface area contributed by atoms with Crippen LogP contribution in [0.25, 0.3) is 0 Å². The molecule has 0 radical (unpaired) electrons. The Bertz CT molecular complexity index is 463. The van der Waals surface area contributed by atoms with Crippen LogP contribution in [0.15, 0.2) is 18.2 Å². The predicted octanol–water partition coefficient (Wildman–Crippen LogP) is 2.58. The summed E-state index contributed by atoms with van der Waals surface area (Å²) in [5, 5.41) is 0. The molecule has 0 spiro atoms. The second-order valence-corrected chi connectivity index (χ2v) is 4.79. The van der Waals surface area contributed by atoms with Gasteiger partial charge in [-0.25, -0.2) is 4.39 Å². The first-order chi connectivity index (χ1) is 9.63. The molecule has 110 valence electrons. The molecule has 0 aromatic heterocycles. The second kappa shape index (κ2) is 9.35. The van der Waals surface area contributed by atoms with Crippen molar-refractivity contribution in [2.24, 2.45) is 11.7 Å². The molecule has 0 fully saturated rings. The van der Waals surface area contributed by atoms with Gasteiger partial charge < -0.3 is 15.2 Å². The molecule has 0 aliphatic carbocycles. The van der Waals surface area contributed by atoms with E-state index in [-0.39, 0.29) is 12.3 Å². The highest BCUT2D eigenvalue weighted by Gasteiger charge is 2.04. The molecular formula is C16H22FNO2. The highest BCUT2D eigenvalue weighted by molar-refractivity contribution is 5.40. The van der Waals surface area contributed by atoms with Gasteiger partial charge in [-0.15, -0.1) is 0 Å². The van der Waals surface area contributed by atoms with Crippen molar-refractivity contribution < 1.29 is 13.9 Å². The van der Waals surface area contributed by atoms with Crippen molar-refractivity contribution in [2.45, 2.75) is 20.3 Å². The summed E-state index contributed by atoms with van der Waals surface area (Å²) in [5.74, 6) is 5.98. The fraction of sp³-hybridized carbons (Fsp3) is 0.500. The molecule has 2 N–H and O–H groups in total. The van der Waals surface area contributed by atoms with Gasteiger partial charge in [-0.3, -0.25) is 0 Å². The Morgan fingerprint density at radius 2 is 2.05 bits per heavy atom. The molecule has 0 unspecified atom stereocenters. The zero-order chi connectivity index (χ0) is 14.8. The molecule has 0 bridgehead atoms. The number of ether oxygens (including phenoxy) is 2. The van der Waals surface area contributed by atoms with Gasteiger partial charge in [0.25, 0.3) is 0 Å². The van der Waals surface area contributed by atoms with Crippen LogP contribution >= 0.6 is 0 Å². The quantitative estimate of drug-likeness (QED) is 0.616. The lowest BCUT2D eigenvalue weighted by Crippen LogP contribution is -2.09. The van der Waals surface area contributed by atoms with Crippen LogP contribution in [0.2, 0.25) is 0 Å². The van der Waals surface area contributed by atoms with Gasteiger partial charge in [0.2, 0.25) is 0 Å². The number of rotatable bonds is 7. The van der Waals surface area contributed by atoms with Gasteiger partial charge in [0.1, 0.15) is 6.61 Å². The summed E-state index contributed by atoms with van der Waals surface area (Å²) in [5.41, 5.74) is 5.98. The SMILES string of the molecule is CC(C)CCOCCOc1cc(C#CCN)ccc1F. The van der Waals surface area contributed by atoms with E-state index in [2.05, 4.69) is 25.7 Å². The summed E-state index contributed by atoms with van der Waals surface area (Å²) in [4.78, 5) is 0. The maximum absolute atomic E-state index is 13.5. The molecule has 1 aromatic rings. The summed E-state index contributed by atoms with van der Waals surface area (Å²) in [6.07, 6.45) is 1.01. The fourth-order valence-electron chi connectivity index (χ4n) is 1.48. The molecule has 3 nitrogen and oxygen atoms in total.